The highest BCUT2D eigenvalue weighted by molar-refractivity contribution is 8.03. The minimum Gasteiger partial charge on any atom is -0.200 e. The van der Waals surface area contributed by atoms with Crippen LogP contribution in [0.2, 0.25) is 6.32 Å². The Labute approximate surface area is 258 Å². The zero-order valence-corrected chi connectivity index (χ0v) is 25.7. The normalized spacial score (nSPS) is 11.3. The van der Waals surface area contributed by atoms with Crippen molar-refractivity contribution in [1.29, 1.82) is 0 Å². The molecule has 0 radical (unpaired) electrons. The van der Waals surface area contributed by atoms with Crippen molar-refractivity contribution in [3.63, 3.8) is 0 Å². The van der Waals surface area contributed by atoms with Crippen LogP contribution >= 0.6 is 0 Å². The zero-order chi connectivity index (χ0) is 29.8. The summed E-state index contributed by atoms with van der Waals surface area (Å²) in [5.74, 6) is 0. The molecule has 0 bridgehead atoms. The first-order valence-electron chi connectivity index (χ1n) is 15.2. The number of rotatable bonds is 9. The molecule has 214 valence electrons. The summed E-state index contributed by atoms with van der Waals surface area (Å²) in [6.45, 7) is 2.28. The Hall–Kier alpha value is -4.47. The van der Waals surface area contributed by atoms with Crippen molar-refractivity contribution in [2.24, 2.45) is 0 Å². The van der Waals surface area contributed by atoms with Gasteiger partial charge in [-0.1, -0.05) is 170 Å². The molecule has 43 heavy (non-hydrogen) atoms. The third-order valence-electron chi connectivity index (χ3n) is 8.32. The molecule has 0 fully saturated rings. The van der Waals surface area contributed by atoms with Crippen molar-refractivity contribution in [2.45, 2.75) is 40.8 Å². The maximum Gasteiger partial charge on any atom is 0.182 e. The average molecular weight is 579 g/mol. The molecule has 0 aliphatic rings. The number of hydrogen-bond donors (Lipinski definition) is 0. The van der Waals surface area contributed by atoms with Crippen LogP contribution in [0.15, 0.2) is 197 Å². The minimum absolute atomic E-state index is 0.845. The van der Waals surface area contributed by atoms with Crippen LogP contribution in [0.1, 0.15) is 19.8 Å². The van der Waals surface area contributed by atoms with E-state index < -0.39 is 16.1 Å². The highest BCUT2D eigenvalue weighted by Crippen LogP contribution is 2.36. The molecule has 0 saturated carbocycles. The molecule has 6 rings (SSSR count). The molecule has 0 aliphatic carbocycles. The summed E-state index contributed by atoms with van der Waals surface area (Å²) < 4.78 is 13.8. The second-order valence-corrected chi connectivity index (χ2v) is 13.4. The molecule has 0 atom stereocenters. The van der Waals surface area contributed by atoms with Gasteiger partial charge in [0.1, 0.15) is 0 Å². The van der Waals surface area contributed by atoms with Crippen LogP contribution in [-0.4, -0.2) is 6.15 Å². The van der Waals surface area contributed by atoms with Crippen molar-refractivity contribution in [3.05, 3.63) is 182 Å². The van der Waals surface area contributed by atoms with Gasteiger partial charge >= 0.3 is 0 Å². The van der Waals surface area contributed by atoms with Crippen LogP contribution in [0.4, 0.5) is 0 Å². The van der Waals surface area contributed by atoms with E-state index in [4.69, 9.17) is 0 Å². The van der Waals surface area contributed by atoms with Crippen LogP contribution in [-0.2, 0) is 14.1 Å². The second-order valence-electron chi connectivity index (χ2n) is 10.9. The predicted octanol–water partition coefficient (Wildman–Crippen LogP) is 8.62. The lowest BCUT2D eigenvalue weighted by molar-refractivity contribution is 0.584. The van der Waals surface area contributed by atoms with Gasteiger partial charge in [-0.05, 0) is 36.4 Å². The van der Waals surface area contributed by atoms with E-state index >= 15 is 0 Å². The number of unbranched alkanes of at least 4 members (excludes halogenated alkanes) is 1. The molecule has 0 heterocycles. The van der Waals surface area contributed by atoms with Gasteiger partial charge in [0.25, 0.3) is 0 Å². The lowest BCUT2D eigenvalue weighted by Gasteiger charge is -2.43. The first-order valence-corrected chi connectivity index (χ1v) is 16.8. The molecule has 0 amide bonds. The van der Waals surface area contributed by atoms with Crippen molar-refractivity contribution in [2.75, 3.05) is 0 Å². The molecule has 0 N–H and O–H groups in total. The quantitative estimate of drug-likeness (QED) is 0.124. The van der Waals surface area contributed by atoms with Gasteiger partial charge in [-0.15, -0.1) is 0 Å². The summed E-state index contributed by atoms with van der Waals surface area (Å²) in [4.78, 5) is 2.53. The SMILES string of the molecule is CCCC[B-](c1ccccc1)(c1ccccc1)c1ccccc1.O=[S+](c1ccccc1)(c1ccccc1)c1ccccc1. The van der Waals surface area contributed by atoms with Gasteiger partial charge < -0.3 is 0 Å². The van der Waals surface area contributed by atoms with Crippen molar-refractivity contribution < 1.29 is 4.21 Å². The first-order chi connectivity index (χ1) is 21.2. The van der Waals surface area contributed by atoms with E-state index in [1.54, 1.807) is 0 Å². The fourth-order valence-corrected chi connectivity index (χ4v) is 8.61. The minimum atomic E-state index is -2.43. The summed E-state index contributed by atoms with van der Waals surface area (Å²) >= 11 is 0. The van der Waals surface area contributed by atoms with Gasteiger partial charge in [0.05, 0.1) is 6.15 Å². The zero-order valence-electron chi connectivity index (χ0n) is 24.8. The Balaban J connectivity index is 0.000000173. The van der Waals surface area contributed by atoms with Crippen molar-refractivity contribution >= 4 is 32.5 Å². The topological polar surface area (TPSA) is 17.1 Å². The van der Waals surface area contributed by atoms with Gasteiger partial charge in [-0.3, -0.25) is 0 Å². The lowest BCUT2D eigenvalue weighted by Crippen LogP contribution is -2.66. The monoisotopic (exact) mass is 578 g/mol. The largest absolute Gasteiger partial charge is 0.200 e. The summed E-state index contributed by atoms with van der Waals surface area (Å²) in [6, 6.07) is 62.2. The van der Waals surface area contributed by atoms with Crippen LogP contribution in [0, 0.1) is 0 Å². The Bertz CT molecular complexity index is 1490. The van der Waals surface area contributed by atoms with E-state index in [2.05, 4.69) is 97.9 Å². The standard InChI is InChI=1S/C22H24B.C18H15OS/c1-2-3-19-23(20-13-7-4-8-14-20,21-15-9-5-10-16-21)22-17-11-6-12-18-22;19-20(16-10-4-1-5-11-16,17-12-6-2-7-13-17)18-14-8-3-9-15-18/h4-18H,2-3,19H2,1H3;1-15H/q-1;+1. The van der Waals surface area contributed by atoms with Gasteiger partial charge in [-0.25, -0.2) is 0 Å². The van der Waals surface area contributed by atoms with E-state index in [0.29, 0.717) is 0 Å². The lowest BCUT2D eigenvalue weighted by atomic mass is 9.14. The van der Waals surface area contributed by atoms with Gasteiger partial charge in [0, 0.05) is 0 Å². The van der Waals surface area contributed by atoms with Gasteiger partial charge in [0.15, 0.2) is 24.6 Å². The maximum atomic E-state index is 13.8. The molecule has 0 unspecified atom stereocenters. The molecule has 6 aromatic carbocycles. The molecular weight excluding hydrogens is 539 g/mol. The van der Waals surface area contributed by atoms with Gasteiger partial charge in [0.2, 0.25) is 0 Å². The van der Waals surface area contributed by atoms with E-state index in [-0.39, 0.29) is 0 Å². The molecule has 0 saturated heterocycles. The fourth-order valence-electron chi connectivity index (χ4n) is 6.18. The van der Waals surface area contributed by atoms with Crippen molar-refractivity contribution in [3.8, 4) is 0 Å². The Morgan fingerprint density at radius 3 is 0.930 bits per heavy atom. The Kier molecular flexibility index (Phi) is 10.2. The smallest absolute Gasteiger partial charge is 0.182 e. The molecule has 3 heteroatoms. The second kappa shape index (κ2) is 14.6. The van der Waals surface area contributed by atoms with E-state index in [1.165, 1.54) is 35.6 Å². The Morgan fingerprint density at radius 1 is 0.419 bits per heavy atom. The van der Waals surface area contributed by atoms with Crippen LogP contribution < -0.4 is 16.4 Å². The van der Waals surface area contributed by atoms with E-state index in [0.717, 1.165) is 14.7 Å². The maximum absolute atomic E-state index is 13.8. The summed E-state index contributed by atoms with van der Waals surface area (Å²) in [7, 11) is -2.43. The van der Waals surface area contributed by atoms with Crippen LogP contribution in [0.5, 0.6) is 0 Å². The van der Waals surface area contributed by atoms with Crippen LogP contribution in [0.3, 0.4) is 0 Å². The molecule has 1 nitrogen and oxygen atoms in total. The highest BCUT2D eigenvalue weighted by Gasteiger charge is 2.37. The molecular formula is C40H39BOS. The van der Waals surface area contributed by atoms with E-state index in [9.17, 15) is 4.21 Å². The average Bonchev–Trinajstić information content (AvgIpc) is 3.11. The number of hydrogen-bond acceptors (Lipinski definition) is 1. The van der Waals surface area contributed by atoms with Gasteiger partial charge in [-0.2, -0.15) is 22.7 Å². The summed E-state index contributed by atoms with van der Waals surface area (Å²) in [5, 5.41) is 0. The third kappa shape index (κ3) is 6.63. The van der Waals surface area contributed by atoms with E-state index in [1.807, 2.05) is 91.0 Å². The third-order valence-corrected chi connectivity index (χ3v) is 11.1. The molecule has 0 aromatic heterocycles. The van der Waals surface area contributed by atoms with Crippen LogP contribution in [0.25, 0.3) is 0 Å². The highest BCUT2D eigenvalue weighted by atomic mass is 32.2. The summed E-state index contributed by atoms with van der Waals surface area (Å²) in [6.07, 6.45) is 2.73. The predicted molar refractivity (Wildman–Crippen MR) is 186 cm³/mol. The summed E-state index contributed by atoms with van der Waals surface area (Å²) in [5.41, 5.74) is 4.33. The van der Waals surface area contributed by atoms with Crippen molar-refractivity contribution in [1.82, 2.24) is 0 Å². The Morgan fingerprint density at radius 2 is 0.674 bits per heavy atom. The first kappa shape index (κ1) is 30.0. The molecule has 6 aromatic rings. The molecule has 0 aliphatic heterocycles. The molecule has 0 spiro atoms. The number of benzene rings is 6. The fraction of sp³-hybridized carbons (Fsp3) is 0.100.